The molecule has 2 aliphatic rings. The number of nitrogen functional groups attached to an aromatic ring is 1. The average molecular weight is 474 g/mol. The van der Waals surface area contributed by atoms with E-state index >= 15 is 0 Å². The van der Waals surface area contributed by atoms with Gasteiger partial charge in [-0.3, -0.25) is 9.69 Å². The minimum Gasteiger partial charge on any atom is -0.384 e. The number of fused-ring (bicyclic) bond motifs is 1. The van der Waals surface area contributed by atoms with Gasteiger partial charge in [0, 0.05) is 61.9 Å². The van der Waals surface area contributed by atoms with E-state index < -0.39 is 12.1 Å². The molecule has 10 nitrogen and oxygen atoms in total. The fourth-order valence-corrected chi connectivity index (χ4v) is 4.53. The number of rotatable bonds is 2. The molecule has 2 aliphatic heterocycles. The zero-order valence-electron chi connectivity index (χ0n) is 18.5. The van der Waals surface area contributed by atoms with Crippen molar-refractivity contribution in [3.8, 4) is 0 Å². The van der Waals surface area contributed by atoms with Gasteiger partial charge in [0.1, 0.15) is 11.9 Å². The molecule has 1 aromatic heterocycles. The Hall–Kier alpha value is -3.27. The monoisotopic (exact) mass is 473 g/mol. The largest absolute Gasteiger partial charge is 0.384 e. The molecule has 0 bridgehead atoms. The number of nitrogens with two attached hydrogens (primary N) is 1. The molecule has 0 radical (unpaired) electrons. The normalized spacial score (nSPS) is 19.4. The Morgan fingerprint density at radius 2 is 1.85 bits per heavy atom. The van der Waals surface area contributed by atoms with Crippen LogP contribution in [0, 0.1) is 0 Å². The van der Waals surface area contributed by atoms with Crippen molar-refractivity contribution in [1.82, 2.24) is 25.4 Å². The quantitative estimate of drug-likeness (QED) is 0.613. The first-order valence-electron chi connectivity index (χ1n) is 11.1. The minimum absolute atomic E-state index is 0.294. The molecule has 1 aromatic carbocycles. The fraction of sp³-hybridized carbons (Fsp3) is 0.455. The Labute approximate surface area is 197 Å². The number of imide groups is 1. The van der Waals surface area contributed by atoms with Crippen LogP contribution in [0.2, 0.25) is 5.02 Å². The van der Waals surface area contributed by atoms with Crippen molar-refractivity contribution >= 4 is 52.0 Å². The smallest absolute Gasteiger partial charge is 0.323 e. The number of amides is 5. The molecule has 2 aromatic rings. The van der Waals surface area contributed by atoms with E-state index in [0.29, 0.717) is 50.0 Å². The number of pyridine rings is 1. The Balaban J connectivity index is 1.41. The first-order chi connectivity index (χ1) is 15.9. The van der Waals surface area contributed by atoms with Crippen LogP contribution in [-0.2, 0) is 4.79 Å². The van der Waals surface area contributed by atoms with Crippen LogP contribution in [0.4, 0.5) is 21.1 Å². The second-order valence-corrected chi connectivity index (χ2v) is 8.68. The van der Waals surface area contributed by atoms with E-state index in [4.69, 9.17) is 17.3 Å². The number of nitrogens with one attached hydrogen (secondary N) is 2. The SMILES string of the molecule is CNC(=O)N1CCCC[C@@H](NC(=O)N2CCN(c3cc(N)nc4cc(Cl)ccc34)CC2)C1=O. The predicted octanol–water partition coefficient (Wildman–Crippen LogP) is 2.02. The first-order valence-corrected chi connectivity index (χ1v) is 11.4. The molecule has 5 amide bonds. The molecular weight excluding hydrogens is 446 g/mol. The number of benzene rings is 1. The maximum atomic E-state index is 12.9. The molecule has 0 unspecified atom stereocenters. The first kappa shape index (κ1) is 22.9. The second kappa shape index (κ2) is 9.70. The van der Waals surface area contributed by atoms with Gasteiger partial charge in [-0.05, 0) is 37.5 Å². The van der Waals surface area contributed by atoms with Crippen molar-refractivity contribution in [2.75, 3.05) is 50.4 Å². The molecule has 2 saturated heterocycles. The van der Waals surface area contributed by atoms with Gasteiger partial charge in [0.2, 0.25) is 0 Å². The number of piperazine rings is 1. The van der Waals surface area contributed by atoms with Crippen molar-refractivity contribution in [2.24, 2.45) is 0 Å². The van der Waals surface area contributed by atoms with Crippen LogP contribution in [0.3, 0.4) is 0 Å². The Kier molecular flexibility index (Phi) is 6.73. The van der Waals surface area contributed by atoms with E-state index in [9.17, 15) is 14.4 Å². The Bertz CT molecular complexity index is 1070. The summed E-state index contributed by atoms with van der Waals surface area (Å²) >= 11 is 6.10. The van der Waals surface area contributed by atoms with E-state index in [0.717, 1.165) is 29.4 Å². The van der Waals surface area contributed by atoms with Gasteiger partial charge in [-0.2, -0.15) is 0 Å². The van der Waals surface area contributed by atoms with E-state index in [-0.39, 0.29) is 11.9 Å². The molecule has 2 fully saturated rings. The molecule has 176 valence electrons. The van der Waals surface area contributed by atoms with Gasteiger partial charge >= 0.3 is 12.1 Å². The molecule has 0 saturated carbocycles. The van der Waals surface area contributed by atoms with Crippen LogP contribution in [0.15, 0.2) is 24.3 Å². The maximum absolute atomic E-state index is 12.9. The van der Waals surface area contributed by atoms with Gasteiger partial charge in [-0.15, -0.1) is 0 Å². The molecule has 3 heterocycles. The highest BCUT2D eigenvalue weighted by atomic mass is 35.5. The van der Waals surface area contributed by atoms with Crippen LogP contribution in [0.25, 0.3) is 10.9 Å². The summed E-state index contributed by atoms with van der Waals surface area (Å²) in [5.41, 5.74) is 7.69. The van der Waals surface area contributed by atoms with E-state index in [1.54, 1.807) is 11.0 Å². The number of hydrogen-bond donors (Lipinski definition) is 3. The number of nitrogens with zero attached hydrogens (tertiary/aromatic N) is 4. The van der Waals surface area contributed by atoms with Gasteiger partial charge in [0.25, 0.3) is 5.91 Å². The standard InChI is InChI=1S/C22H28ClN7O3/c1-25-21(32)30-7-3-2-4-16(20(30)31)27-22(33)29-10-8-28(9-11-29)18-13-19(24)26-17-12-14(23)5-6-15(17)18/h5-6,12-13,16H,2-4,7-11H2,1H3,(H2,24,26)(H,25,32)(H,27,33)/t16-/m1/s1. The van der Waals surface area contributed by atoms with Crippen LogP contribution >= 0.6 is 11.6 Å². The summed E-state index contributed by atoms with van der Waals surface area (Å²) in [7, 11) is 1.49. The number of carbonyl (C=O) groups excluding carboxylic acids is 3. The van der Waals surface area contributed by atoms with Crippen molar-refractivity contribution < 1.29 is 14.4 Å². The molecule has 0 spiro atoms. The third-order valence-electron chi connectivity index (χ3n) is 6.12. The lowest BCUT2D eigenvalue weighted by Crippen LogP contribution is -2.57. The average Bonchev–Trinajstić information content (AvgIpc) is 2.99. The number of likely N-dealkylation sites (tertiary alicyclic amines) is 1. The minimum atomic E-state index is -0.705. The number of hydrogen-bond acceptors (Lipinski definition) is 6. The third kappa shape index (κ3) is 4.90. The topological polar surface area (TPSA) is 124 Å². The van der Waals surface area contributed by atoms with Crippen LogP contribution in [0.5, 0.6) is 0 Å². The van der Waals surface area contributed by atoms with Gasteiger partial charge in [-0.1, -0.05) is 11.6 Å². The van der Waals surface area contributed by atoms with Gasteiger partial charge in [0.15, 0.2) is 0 Å². The highest BCUT2D eigenvalue weighted by molar-refractivity contribution is 6.31. The van der Waals surface area contributed by atoms with Crippen molar-refractivity contribution in [3.63, 3.8) is 0 Å². The number of carbonyl (C=O) groups is 3. The van der Waals surface area contributed by atoms with Crippen LogP contribution < -0.4 is 21.3 Å². The molecule has 0 aliphatic carbocycles. The van der Waals surface area contributed by atoms with E-state index in [1.807, 2.05) is 18.2 Å². The zero-order valence-corrected chi connectivity index (χ0v) is 19.3. The summed E-state index contributed by atoms with van der Waals surface area (Å²) in [6.45, 7) is 2.55. The molecule has 11 heteroatoms. The molecular formula is C22H28ClN7O3. The number of anilines is 2. The third-order valence-corrected chi connectivity index (χ3v) is 6.36. The Morgan fingerprint density at radius 1 is 1.09 bits per heavy atom. The number of aromatic nitrogens is 1. The van der Waals surface area contributed by atoms with Gasteiger partial charge in [-0.25, -0.2) is 14.6 Å². The van der Waals surface area contributed by atoms with Crippen LogP contribution in [-0.4, -0.2) is 78.6 Å². The Morgan fingerprint density at radius 3 is 2.58 bits per heavy atom. The van der Waals surface area contributed by atoms with E-state index in [2.05, 4.69) is 20.5 Å². The lowest BCUT2D eigenvalue weighted by molar-refractivity contribution is -0.129. The highest BCUT2D eigenvalue weighted by Gasteiger charge is 2.33. The summed E-state index contributed by atoms with van der Waals surface area (Å²) in [5, 5.41) is 6.87. The molecule has 4 N–H and O–H groups in total. The van der Waals surface area contributed by atoms with Crippen molar-refractivity contribution in [3.05, 3.63) is 29.3 Å². The zero-order chi connectivity index (χ0) is 23.5. The molecule has 33 heavy (non-hydrogen) atoms. The summed E-state index contributed by atoms with van der Waals surface area (Å²) < 4.78 is 0. The maximum Gasteiger partial charge on any atom is 0.323 e. The van der Waals surface area contributed by atoms with Crippen LogP contribution in [0.1, 0.15) is 19.3 Å². The molecule has 1 atom stereocenters. The van der Waals surface area contributed by atoms with Crippen molar-refractivity contribution in [2.45, 2.75) is 25.3 Å². The summed E-state index contributed by atoms with van der Waals surface area (Å²) in [6, 6.07) is 5.92. The number of urea groups is 2. The van der Waals surface area contributed by atoms with Crippen molar-refractivity contribution in [1.29, 1.82) is 0 Å². The summed E-state index contributed by atoms with van der Waals surface area (Å²) in [6.07, 6.45) is 2.00. The second-order valence-electron chi connectivity index (χ2n) is 8.24. The lowest BCUT2D eigenvalue weighted by Gasteiger charge is -2.37. The van der Waals surface area contributed by atoms with Gasteiger partial charge < -0.3 is 26.2 Å². The number of halogens is 1. The van der Waals surface area contributed by atoms with Gasteiger partial charge in [0.05, 0.1) is 5.52 Å². The summed E-state index contributed by atoms with van der Waals surface area (Å²) in [5.74, 6) is 0.0451. The highest BCUT2D eigenvalue weighted by Crippen LogP contribution is 2.30. The fourth-order valence-electron chi connectivity index (χ4n) is 4.37. The molecule has 4 rings (SSSR count). The summed E-state index contributed by atoms with van der Waals surface area (Å²) in [4.78, 5) is 47.1. The lowest BCUT2D eigenvalue weighted by atomic mass is 10.1. The van der Waals surface area contributed by atoms with E-state index in [1.165, 1.54) is 11.9 Å². The predicted molar refractivity (Wildman–Crippen MR) is 127 cm³/mol.